The minimum absolute atomic E-state index is 0.148. The van der Waals surface area contributed by atoms with Gasteiger partial charge in [-0.2, -0.15) is 0 Å². The molecule has 2 rings (SSSR count). The first-order chi connectivity index (χ1) is 8.49. The SMILES string of the molecule is Cc1ccc(C)c(C(=O)N2CCC(N)C(C)C2)c1. The maximum atomic E-state index is 12.5. The second-order valence-electron chi connectivity index (χ2n) is 5.50. The average Bonchev–Trinajstić information content (AvgIpc) is 2.35. The molecule has 1 aliphatic heterocycles. The lowest BCUT2D eigenvalue weighted by atomic mass is 9.94. The highest BCUT2D eigenvalue weighted by molar-refractivity contribution is 5.95. The number of rotatable bonds is 1. The lowest BCUT2D eigenvalue weighted by Crippen LogP contribution is -2.48. The Morgan fingerprint density at radius 1 is 1.39 bits per heavy atom. The van der Waals surface area contributed by atoms with Crippen LogP contribution in [0.25, 0.3) is 0 Å². The van der Waals surface area contributed by atoms with Gasteiger partial charge in [-0.1, -0.05) is 24.6 Å². The van der Waals surface area contributed by atoms with Crippen LogP contribution in [0, 0.1) is 19.8 Å². The lowest BCUT2D eigenvalue weighted by Gasteiger charge is -2.35. The highest BCUT2D eigenvalue weighted by Gasteiger charge is 2.27. The molecule has 1 amide bonds. The second-order valence-corrected chi connectivity index (χ2v) is 5.50. The quantitative estimate of drug-likeness (QED) is 0.825. The number of carbonyl (C=O) groups is 1. The van der Waals surface area contributed by atoms with E-state index in [4.69, 9.17) is 5.73 Å². The number of nitrogens with two attached hydrogens (primary N) is 1. The van der Waals surface area contributed by atoms with Gasteiger partial charge in [-0.15, -0.1) is 0 Å². The molecule has 1 saturated heterocycles. The smallest absolute Gasteiger partial charge is 0.254 e. The minimum Gasteiger partial charge on any atom is -0.338 e. The number of benzene rings is 1. The number of aryl methyl sites for hydroxylation is 2. The second kappa shape index (κ2) is 5.11. The highest BCUT2D eigenvalue weighted by atomic mass is 16.2. The van der Waals surface area contributed by atoms with Crippen LogP contribution in [0.4, 0.5) is 0 Å². The number of piperidine rings is 1. The van der Waals surface area contributed by atoms with Crippen LogP contribution in [0.1, 0.15) is 34.8 Å². The molecule has 2 atom stereocenters. The Kier molecular flexibility index (Phi) is 3.71. The fraction of sp³-hybridized carbons (Fsp3) is 0.533. The maximum Gasteiger partial charge on any atom is 0.254 e. The summed E-state index contributed by atoms with van der Waals surface area (Å²) in [5.74, 6) is 0.530. The van der Waals surface area contributed by atoms with Crippen LogP contribution in [-0.2, 0) is 0 Å². The van der Waals surface area contributed by atoms with Crippen LogP contribution < -0.4 is 5.73 Å². The van der Waals surface area contributed by atoms with Crippen molar-refractivity contribution in [1.82, 2.24) is 4.90 Å². The molecule has 0 radical (unpaired) electrons. The van der Waals surface area contributed by atoms with E-state index in [-0.39, 0.29) is 11.9 Å². The van der Waals surface area contributed by atoms with Crippen molar-refractivity contribution in [1.29, 1.82) is 0 Å². The van der Waals surface area contributed by atoms with Gasteiger partial charge in [0.15, 0.2) is 0 Å². The van der Waals surface area contributed by atoms with E-state index in [0.29, 0.717) is 5.92 Å². The van der Waals surface area contributed by atoms with Crippen molar-refractivity contribution in [3.63, 3.8) is 0 Å². The molecule has 0 aromatic heterocycles. The number of hydrogen-bond acceptors (Lipinski definition) is 2. The van der Waals surface area contributed by atoms with Gasteiger partial charge in [0, 0.05) is 24.7 Å². The summed E-state index contributed by atoms with van der Waals surface area (Å²) in [6.45, 7) is 7.68. The molecule has 1 aromatic rings. The Balaban J connectivity index is 2.19. The minimum atomic E-state index is 0.148. The molecular formula is C15H22N2O. The van der Waals surface area contributed by atoms with Crippen LogP contribution in [0.2, 0.25) is 0 Å². The zero-order valence-corrected chi connectivity index (χ0v) is 11.4. The summed E-state index contributed by atoms with van der Waals surface area (Å²) in [6.07, 6.45) is 0.901. The standard InChI is InChI=1S/C15H22N2O/c1-10-4-5-11(2)13(8-10)15(18)17-7-6-14(16)12(3)9-17/h4-5,8,12,14H,6-7,9,16H2,1-3H3. The van der Waals surface area contributed by atoms with Gasteiger partial charge in [0.2, 0.25) is 0 Å². The maximum absolute atomic E-state index is 12.5. The first-order valence-electron chi connectivity index (χ1n) is 6.61. The van der Waals surface area contributed by atoms with Gasteiger partial charge in [-0.25, -0.2) is 0 Å². The Labute approximate surface area is 109 Å². The summed E-state index contributed by atoms with van der Waals surface area (Å²) < 4.78 is 0. The monoisotopic (exact) mass is 246 g/mol. The number of likely N-dealkylation sites (tertiary alicyclic amines) is 1. The molecule has 2 unspecified atom stereocenters. The normalized spacial score (nSPS) is 24.1. The predicted molar refractivity (Wildman–Crippen MR) is 73.6 cm³/mol. The van der Waals surface area contributed by atoms with Crippen LogP contribution >= 0.6 is 0 Å². The molecule has 3 nitrogen and oxygen atoms in total. The highest BCUT2D eigenvalue weighted by Crippen LogP contribution is 2.19. The summed E-state index contributed by atoms with van der Waals surface area (Å²) >= 11 is 0. The first-order valence-corrected chi connectivity index (χ1v) is 6.61. The van der Waals surface area contributed by atoms with Crippen molar-refractivity contribution in [2.45, 2.75) is 33.2 Å². The molecule has 2 N–H and O–H groups in total. The molecule has 1 aromatic carbocycles. The van der Waals surface area contributed by atoms with E-state index >= 15 is 0 Å². The van der Waals surface area contributed by atoms with Gasteiger partial charge in [0.1, 0.15) is 0 Å². The van der Waals surface area contributed by atoms with E-state index in [1.165, 1.54) is 0 Å². The molecule has 18 heavy (non-hydrogen) atoms. The van der Waals surface area contributed by atoms with E-state index in [0.717, 1.165) is 36.2 Å². The van der Waals surface area contributed by atoms with E-state index < -0.39 is 0 Å². The van der Waals surface area contributed by atoms with Gasteiger partial charge in [0.25, 0.3) is 5.91 Å². The van der Waals surface area contributed by atoms with E-state index in [2.05, 4.69) is 6.92 Å². The lowest BCUT2D eigenvalue weighted by molar-refractivity contribution is 0.0663. The third kappa shape index (κ3) is 2.56. The predicted octanol–water partition coefficient (Wildman–Crippen LogP) is 2.11. The third-order valence-electron chi connectivity index (χ3n) is 3.88. The van der Waals surface area contributed by atoms with Crippen molar-refractivity contribution in [3.05, 3.63) is 34.9 Å². The molecule has 3 heteroatoms. The summed E-state index contributed by atoms with van der Waals surface area (Å²) in [5, 5.41) is 0. The number of carbonyl (C=O) groups excluding carboxylic acids is 1. The van der Waals surface area contributed by atoms with Crippen LogP contribution in [0.5, 0.6) is 0 Å². The van der Waals surface area contributed by atoms with Crippen molar-refractivity contribution >= 4 is 5.91 Å². The topological polar surface area (TPSA) is 46.3 Å². The first kappa shape index (κ1) is 13.1. The van der Waals surface area contributed by atoms with Crippen molar-refractivity contribution in [3.8, 4) is 0 Å². The largest absolute Gasteiger partial charge is 0.338 e. The van der Waals surface area contributed by atoms with Crippen molar-refractivity contribution < 1.29 is 4.79 Å². The molecule has 0 bridgehead atoms. The Bertz CT molecular complexity index is 456. The van der Waals surface area contributed by atoms with Gasteiger partial charge in [-0.05, 0) is 37.8 Å². The summed E-state index contributed by atoms with van der Waals surface area (Å²) in [6, 6.07) is 6.27. The van der Waals surface area contributed by atoms with Gasteiger partial charge in [-0.3, -0.25) is 4.79 Å². The van der Waals surface area contributed by atoms with E-state index in [1.807, 2.05) is 36.9 Å². The number of amides is 1. The summed E-state index contributed by atoms with van der Waals surface area (Å²) in [7, 11) is 0. The number of hydrogen-bond donors (Lipinski definition) is 1. The van der Waals surface area contributed by atoms with Gasteiger partial charge >= 0.3 is 0 Å². The zero-order chi connectivity index (χ0) is 13.3. The number of nitrogens with zero attached hydrogens (tertiary/aromatic N) is 1. The molecule has 1 fully saturated rings. The third-order valence-corrected chi connectivity index (χ3v) is 3.88. The molecule has 98 valence electrons. The Morgan fingerprint density at radius 2 is 2.11 bits per heavy atom. The summed E-state index contributed by atoms with van der Waals surface area (Å²) in [4.78, 5) is 14.5. The fourth-order valence-electron chi connectivity index (χ4n) is 2.48. The van der Waals surface area contributed by atoms with Crippen LogP contribution in [0.3, 0.4) is 0 Å². The molecule has 1 aliphatic rings. The van der Waals surface area contributed by atoms with Crippen LogP contribution in [0.15, 0.2) is 18.2 Å². The van der Waals surface area contributed by atoms with Crippen molar-refractivity contribution in [2.75, 3.05) is 13.1 Å². The Hall–Kier alpha value is -1.35. The van der Waals surface area contributed by atoms with Gasteiger partial charge < -0.3 is 10.6 Å². The van der Waals surface area contributed by atoms with Crippen LogP contribution in [-0.4, -0.2) is 29.9 Å². The van der Waals surface area contributed by atoms with Gasteiger partial charge in [0.05, 0.1) is 0 Å². The Morgan fingerprint density at radius 3 is 2.78 bits per heavy atom. The average molecular weight is 246 g/mol. The molecule has 1 heterocycles. The molecule has 0 spiro atoms. The molecular weight excluding hydrogens is 224 g/mol. The summed E-state index contributed by atoms with van der Waals surface area (Å²) in [5.41, 5.74) is 9.01. The van der Waals surface area contributed by atoms with Crippen molar-refractivity contribution in [2.24, 2.45) is 11.7 Å². The zero-order valence-electron chi connectivity index (χ0n) is 11.4. The van der Waals surface area contributed by atoms with E-state index in [1.54, 1.807) is 0 Å². The molecule has 0 saturated carbocycles. The van der Waals surface area contributed by atoms with E-state index in [9.17, 15) is 4.79 Å². The molecule has 0 aliphatic carbocycles. The fourth-order valence-corrected chi connectivity index (χ4v) is 2.48.